The number of carbonyl (C=O) groups excluding carboxylic acids is 1. The number of amides is 1. The van der Waals surface area contributed by atoms with Gasteiger partial charge in [-0.25, -0.2) is 8.42 Å². The SMILES string of the molecule is CC(C)CCC(C)NC(=O)CCS(=O)(=O)c1ccc(Cl)cc1. The summed E-state index contributed by atoms with van der Waals surface area (Å²) in [6.07, 6.45) is 1.90. The number of nitrogens with one attached hydrogen (secondary N) is 1. The van der Waals surface area contributed by atoms with Crippen LogP contribution in [-0.4, -0.2) is 26.1 Å². The fraction of sp³-hybridized carbons (Fsp3) is 0.562. The summed E-state index contributed by atoms with van der Waals surface area (Å²) < 4.78 is 24.3. The maximum Gasteiger partial charge on any atom is 0.221 e. The first-order valence-electron chi connectivity index (χ1n) is 7.48. The van der Waals surface area contributed by atoms with Crippen LogP contribution in [0.3, 0.4) is 0 Å². The van der Waals surface area contributed by atoms with Crippen molar-refractivity contribution < 1.29 is 13.2 Å². The van der Waals surface area contributed by atoms with Gasteiger partial charge in [-0.1, -0.05) is 25.4 Å². The van der Waals surface area contributed by atoms with E-state index in [1.54, 1.807) is 0 Å². The van der Waals surface area contributed by atoms with Crippen molar-refractivity contribution in [3.05, 3.63) is 29.3 Å². The Hall–Kier alpha value is -1.07. The fourth-order valence-electron chi connectivity index (χ4n) is 1.99. The summed E-state index contributed by atoms with van der Waals surface area (Å²) in [7, 11) is -3.45. The molecule has 6 heteroatoms. The molecule has 0 aliphatic carbocycles. The van der Waals surface area contributed by atoms with Gasteiger partial charge < -0.3 is 5.32 Å². The predicted molar refractivity (Wildman–Crippen MR) is 89.8 cm³/mol. The van der Waals surface area contributed by atoms with E-state index in [0.29, 0.717) is 10.9 Å². The lowest BCUT2D eigenvalue weighted by molar-refractivity contribution is -0.121. The van der Waals surface area contributed by atoms with Crippen molar-refractivity contribution in [1.29, 1.82) is 0 Å². The van der Waals surface area contributed by atoms with Gasteiger partial charge in [0.05, 0.1) is 10.6 Å². The Morgan fingerprint density at radius 2 is 1.73 bits per heavy atom. The van der Waals surface area contributed by atoms with E-state index in [2.05, 4.69) is 19.2 Å². The van der Waals surface area contributed by atoms with Gasteiger partial charge in [-0.3, -0.25) is 4.79 Å². The monoisotopic (exact) mass is 345 g/mol. The van der Waals surface area contributed by atoms with Crippen LogP contribution in [0.15, 0.2) is 29.2 Å². The second-order valence-electron chi connectivity index (χ2n) is 5.96. The standard InChI is InChI=1S/C16H24ClNO3S/c1-12(2)4-5-13(3)18-16(19)10-11-22(20,21)15-8-6-14(17)7-9-15/h6-9,12-13H,4-5,10-11H2,1-3H3,(H,18,19). The van der Waals surface area contributed by atoms with E-state index in [-0.39, 0.29) is 29.0 Å². The second-order valence-corrected chi connectivity index (χ2v) is 8.51. The van der Waals surface area contributed by atoms with Crippen molar-refractivity contribution in [1.82, 2.24) is 5.32 Å². The quantitative estimate of drug-likeness (QED) is 0.784. The molecule has 0 spiro atoms. The molecule has 1 rings (SSSR count). The van der Waals surface area contributed by atoms with E-state index in [1.807, 2.05) is 6.92 Å². The van der Waals surface area contributed by atoms with E-state index >= 15 is 0 Å². The molecule has 1 atom stereocenters. The molecule has 0 saturated heterocycles. The van der Waals surface area contributed by atoms with Crippen LogP contribution in [0.1, 0.15) is 40.0 Å². The highest BCUT2D eigenvalue weighted by atomic mass is 35.5. The number of hydrogen-bond acceptors (Lipinski definition) is 3. The van der Waals surface area contributed by atoms with Crippen LogP contribution < -0.4 is 5.32 Å². The summed E-state index contributed by atoms with van der Waals surface area (Å²) in [6, 6.07) is 6.04. The van der Waals surface area contributed by atoms with Crippen molar-refractivity contribution >= 4 is 27.3 Å². The first kappa shape index (κ1) is 19.0. The zero-order valence-electron chi connectivity index (χ0n) is 13.3. The van der Waals surface area contributed by atoms with Crippen LogP contribution in [0.2, 0.25) is 5.02 Å². The Morgan fingerprint density at radius 1 is 1.14 bits per heavy atom. The number of hydrogen-bond donors (Lipinski definition) is 1. The van der Waals surface area contributed by atoms with Crippen molar-refractivity contribution in [3.63, 3.8) is 0 Å². The molecule has 1 amide bonds. The van der Waals surface area contributed by atoms with E-state index in [1.165, 1.54) is 24.3 Å². The van der Waals surface area contributed by atoms with Crippen LogP contribution in [0.5, 0.6) is 0 Å². The summed E-state index contributed by atoms with van der Waals surface area (Å²) in [6.45, 7) is 6.20. The molecule has 0 aromatic heterocycles. The molecule has 0 aliphatic heterocycles. The first-order chi connectivity index (χ1) is 10.2. The molecular weight excluding hydrogens is 322 g/mol. The molecule has 1 aromatic rings. The molecule has 0 fully saturated rings. The predicted octanol–water partition coefficient (Wildman–Crippen LogP) is 3.44. The topological polar surface area (TPSA) is 63.2 Å². The third kappa shape index (κ3) is 6.79. The van der Waals surface area contributed by atoms with Gasteiger partial charge in [0.1, 0.15) is 0 Å². The van der Waals surface area contributed by atoms with Crippen molar-refractivity contribution in [2.75, 3.05) is 5.75 Å². The number of carbonyl (C=O) groups is 1. The molecule has 0 heterocycles. The molecule has 22 heavy (non-hydrogen) atoms. The third-order valence-electron chi connectivity index (χ3n) is 3.36. The highest BCUT2D eigenvalue weighted by molar-refractivity contribution is 7.91. The van der Waals surface area contributed by atoms with Gasteiger partial charge in [0.2, 0.25) is 5.91 Å². The Balaban J connectivity index is 2.47. The molecule has 1 N–H and O–H groups in total. The Morgan fingerprint density at radius 3 is 2.27 bits per heavy atom. The molecule has 0 saturated carbocycles. The van der Waals surface area contributed by atoms with Crippen LogP contribution in [0.25, 0.3) is 0 Å². The lowest BCUT2D eigenvalue weighted by Crippen LogP contribution is -2.33. The summed E-state index contributed by atoms with van der Waals surface area (Å²) in [4.78, 5) is 12.0. The second kappa shape index (κ2) is 8.53. The minimum absolute atomic E-state index is 0.0308. The molecule has 0 radical (unpaired) electrons. The molecule has 124 valence electrons. The van der Waals surface area contributed by atoms with Gasteiger partial charge >= 0.3 is 0 Å². The van der Waals surface area contributed by atoms with E-state index in [4.69, 9.17) is 11.6 Å². The lowest BCUT2D eigenvalue weighted by atomic mass is 10.0. The zero-order chi connectivity index (χ0) is 16.8. The molecule has 1 unspecified atom stereocenters. The van der Waals surface area contributed by atoms with Crippen LogP contribution in [0.4, 0.5) is 0 Å². The summed E-state index contributed by atoms with van der Waals surface area (Å²) in [5.41, 5.74) is 0. The van der Waals surface area contributed by atoms with E-state index in [9.17, 15) is 13.2 Å². The minimum Gasteiger partial charge on any atom is -0.354 e. The maximum absolute atomic E-state index is 12.1. The molecule has 0 bridgehead atoms. The van der Waals surface area contributed by atoms with Gasteiger partial charge in [-0.05, 0) is 49.9 Å². The summed E-state index contributed by atoms with van der Waals surface area (Å²) in [5.74, 6) is 0.163. The Kier molecular flexibility index (Phi) is 7.36. The van der Waals surface area contributed by atoms with Crippen molar-refractivity contribution in [3.8, 4) is 0 Å². The largest absolute Gasteiger partial charge is 0.354 e. The smallest absolute Gasteiger partial charge is 0.221 e. The average molecular weight is 346 g/mol. The Labute approximate surface area is 138 Å². The van der Waals surface area contributed by atoms with E-state index in [0.717, 1.165) is 12.8 Å². The average Bonchev–Trinajstić information content (AvgIpc) is 2.43. The zero-order valence-corrected chi connectivity index (χ0v) is 14.9. The van der Waals surface area contributed by atoms with Gasteiger partial charge in [-0.15, -0.1) is 0 Å². The molecule has 1 aromatic carbocycles. The highest BCUT2D eigenvalue weighted by Crippen LogP contribution is 2.16. The van der Waals surface area contributed by atoms with Crippen LogP contribution >= 0.6 is 11.6 Å². The van der Waals surface area contributed by atoms with Gasteiger partial charge in [0.25, 0.3) is 0 Å². The third-order valence-corrected chi connectivity index (χ3v) is 5.34. The van der Waals surface area contributed by atoms with Gasteiger partial charge in [-0.2, -0.15) is 0 Å². The van der Waals surface area contributed by atoms with Gasteiger partial charge in [0, 0.05) is 17.5 Å². The van der Waals surface area contributed by atoms with Crippen LogP contribution in [0, 0.1) is 5.92 Å². The minimum atomic E-state index is -3.45. The maximum atomic E-state index is 12.1. The normalized spacial score (nSPS) is 13.1. The molecular formula is C16H24ClNO3S. The van der Waals surface area contributed by atoms with Gasteiger partial charge in [0.15, 0.2) is 9.84 Å². The fourth-order valence-corrected chi connectivity index (χ4v) is 3.36. The summed E-state index contributed by atoms with van der Waals surface area (Å²) >= 11 is 5.74. The number of halogens is 1. The number of benzene rings is 1. The molecule has 4 nitrogen and oxygen atoms in total. The van der Waals surface area contributed by atoms with Crippen molar-refractivity contribution in [2.24, 2.45) is 5.92 Å². The first-order valence-corrected chi connectivity index (χ1v) is 9.51. The highest BCUT2D eigenvalue weighted by Gasteiger charge is 2.17. The molecule has 0 aliphatic rings. The van der Waals surface area contributed by atoms with E-state index < -0.39 is 9.84 Å². The lowest BCUT2D eigenvalue weighted by Gasteiger charge is -2.15. The summed E-state index contributed by atoms with van der Waals surface area (Å²) in [5, 5.41) is 3.33. The Bertz CT molecular complexity index is 582. The van der Waals surface area contributed by atoms with Crippen molar-refractivity contribution in [2.45, 2.75) is 51.0 Å². The van der Waals surface area contributed by atoms with Crippen LogP contribution in [-0.2, 0) is 14.6 Å². The number of sulfone groups is 1. The number of rotatable bonds is 8.